The molecule has 2 rings (SSSR count). The Labute approximate surface area is 97.7 Å². The fourth-order valence-electron chi connectivity index (χ4n) is 1.38. The zero-order valence-electron chi connectivity index (χ0n) is 9.04. The summed E-state index contributed by atoms with van der Waals surface area (Å²) in [5, 5.41) is 2.70. The first-order valence-electron chi connectivity index (χ1n) is 5.11. The number of benzene rings is 1. The van der Waals surface area contributed by atoms with E-state index in [1.54, 1.807) is 12.1 Å². The van der Waals surface area contributed by atoms with Crippen molar-refractivity contribution in [1.82, 2.24) is 9.55 Å². The van der Waals surface area contributed by atoms with Crippen LogP contribution in [0, 0.1) is 0 Å². The summed E-state index contributed by atoms with van der Waals surface area (Å²) in [6, 6.07) is 9.09. The molecule has 17 heavy (non-hydrogen) atoms. The van der Waals surface area contributed by atoms with E-state index in [0.29, 0.717) is 5.69 Å². The molecule has 0 radical (unpaired) electrons. The standard InChI is InChI=1S/C12H11N3O2/c16-11(14-10-4-2-1-3-5-10)9-15-7-6-13-8-12(15)17/h1-8H,9H2,(H,14,16). The van der Waals surface area contributed by atoms with Gasteiger partial charge in [-0.3, -0.25) is 14.6 Å². The number of hydrogen-bond acceptors (Lipinski definition) is 3. The third kappa shape index (κ3) is 3.01. The van der Waals surface area contributed by atoms with E-state index in [2.05, 4.69) is 10.3 Å². The van der Waals surface area contributed by atoms with Gasteiger partial charge in [-0.15, -0.1) is 0 Å². The van der Waals surface area contributed by atoms with Crippen molar-refractivity contribution in [1.29, 1.82) is 0 Å². The van der Waals surface area contributed by atoms with Crippen LogP contribution >= 0.6 is 0 Å². The fraction of sp³-hybridized carbons (Fsp3) is 0.0833. The molecular weight excluding hydrogens is 218 g/mol. The van der Waals surface area contributed by atoms with Gasteiger partial charge in [0.1, 0.15) is 6.54 Å². The molecule has 0 bridgehead atoms. The molecule has 0 atom stereocenters. The lowest BCUT2D eigenvalue weighted by Gasteiger charge is -2.06. The van der Waals surface area contributed by atoms with E-state index < -0.39 is 0 Å². The molecule has 0 spiro atoms. The topological polar surface area (TPSA) is 64.0 Å². The van der Waals surface area contributed by atoms with E-state index >= 15 is 0 Å². The van der Waals surface area contributed by atoms with Crippen LogP contribution in [-0.4, -0.2) is 15.5 Å². The predicted molar refractivity (Wildman–Crippen MR) is 63.6 cm³/mol. The van der Waals surface area contributed by atoms with Crippen LogP contribution in [0.4, 0.5) is 5.69 Å². The average Bonchev–Trinajstić information content (AvgIpc) is 2.33. The van der Waals surface area contributed by atoms with Crippen molar-refractivity contribution < 1.29 is 4.79 Å². The van der Waals surface area contributed by atoms with Crippen LogP contribution in [0.5, 0.6) is 0 Å². The summed E-state index contributed by atoms with van der Waals surface area (Å²) in [6.45, 7) is -0.0176. The summed E-state index contributed by atoms with van der Waals surface area (Å²) < 4.78 is 1.30. The molecule has 0 fully saturated rings. The fourth-order valence-corrected chi connectivity index (χ4v) is 1.38. The predicted octanol–water partition coefficient (Wildman–Crippen LogP) is 0.882. The summed E-state index contributed by atoms with van der Waals surface area (Å²) in [6.07, 6.45) is 4.12. The minimum Gasteiger partial charge on any atom is -0.325 e. The second kappa shape index (κ2) is 5.07. The molecule has 1 aromatic carbocycles. The summed E-state index contributed by atoms with van der Waals surface area (Å²) in [5.41, 5.74) is 0.412. The molecule has 0 aliphatic rings. The molecule has 0 aliphatic heterocycles. The number of para-hydroxylation sites is 1. The van der Waals surface area contributed by atoms with Gasteiger partial charge in [0.15, 0.2) is 0 Å². The van der Waals surface area contributed by atoms with Crippen LogP contribution in [0.3, 0.4) is 0 Å². The van der Waals surface area contributed by atoms with Crippen LogP contribution in [0.1, 0.15) is 0 Å². The smallest absolute Gasteiger partial charge is 0.269 e. The Morgan fingerprint density at radius 3 is 2.76 bits per heavy atom. The summed E-state index contributed by atoms with van der Waals surface area (Å²) in [4.78, 5) is 26.6. The molecule has 2 aromatic rings. The molecule has 0 aliphatic carbocycles. The van der Waals surface area contributed by atoms with Gasteiger partial charge in [-0.25, -0.2) is 0 Å². The molecule has 5 heteroatoms. The van der Waals surface area contributed by atoms with Gasteiger partial charge in [0.2, 0.25) is 5.91 Å². The second-order valence-electron chi connectivity index (χ2n) is 3.46. The summed E-state index contributed by atoms with van der Waals surface area (Å²) in [5.74, 6) is -0.246. The highest BCUT2D eigenvalue weighted by atomic mass is 16.2. The monoisotopic (exact) mass is 229 g/mol. The highest BCUT2D eigenvalue weighted by Gasteiger charge is 2.03. The van der Waals surface area contributed by atoms with Gasteiger partial charge >= 0.3 is 0 Å². The normalized spacial score (nSPS) is 9.88. The van der Waals surface area contributed by atoms with Crippen LogP contribution in [0.2, 0.25) is 0 Å². The number of amides is 1. The third-order valence-corrected chi connectivity index (χ3v) is 2.17. The summed E-state index contributed by atoms with van der Waals surface area (Å²) in [7, 11) is 0. The number of aromatic nitrogens is 2. The van der Waals surface area contributed by atoms with Crippen LogP contribution in [0.15, 0.2) is 53.7 Å². The van der Waals surface area contributed by atoms with Crippen molar-refractivity contribution in [2.24, 2.45) is 0 Å². The Balaban J connectivity index is 2.04. The largest absolute Gasteiger partial charge is 0.325 e. The molecule has 86 valence electrons. The van der Waals surface area contributed by atoms with Crippen molar-refractivity contribution in [2.45, 2.75) is 6.54 Å². The third-order valence-electron chi connectivity index (χ3n) is 2.17. The van der Waals surface area contributed by atoms with E-state index in [1.807, 2.05) is 18.2 Å². The quantitative estimate of drug-likeness (QED) is 0.849. The number of hydrogen-bond donors (Lipinski definition) is 1. The van der Waals surface area contributed by atoms with E-state index in [1.165, 1.54) is 23.2 Å². The molecular formula is C12H11N3O2. The maximum atomic E-state index is 11.6. The molecule has 5 nitrogen and oxygen atoms in total. The number of carbonyl (C=O) groups excluding carboxylic acids is 1. The number of nitrogens with zero attached hydrogens (tertiary/aromatic N) is 2. The van der Waals surface area contributed by atoms with Gasteiger partial charge in [0.05, 0.1) is 6.20 Å². The lowest BCUT2D eigenvalue weighted by molar-refractivity contribution is -0.116. The maximum absolute atomic E-state index is 11.6. The van der Waals surface area contributed by atoms with E-state index in [-0.39, 0.29) is 18.0 Å². The molecule has 1 aromatic heterocycles. The molecule has 1 heterocycles. The van der Waals surface area contributed by atoms with E-state index in [0.717, 1.165) is 0 Å². The van der Waals surface area contributed by atoms with Crippen LogP contribution < -0.4 is 10.9 Å². The highest BCUT2D eigenvalue weighted by molar-refractivity contribution is 5.90. The minimum absolute atomic E-state index is 0.0176. The number of carbonyl (C=O) groups is 1. The Kier molecular flexibility index (Phi) is 3.30. The average molecular weight is 229 g/mol. The number of nitrogens with one attached hydrogen (secondary N) is 1. The van der Waals surface area contributed by atoms with Crippen molar-refractivity contribution >= 4 is 11.6 Å². The maximum Gasteiger partial charge on any atom is 0.269 e. The second-order valence-corrected chi connectivity index (χ2v) is 3.46. The Hall–Kier alpha value is -2.43. The SMILES string of the molecule is O=C(Cn1ccncc1=O)Nc1ccccc1. The van der Waals surface area contributed by atoms with Gasteiger partial charge in [0.25, 0.3) is 5.56 Å². The molecule has 0 unspecified atom stereocenters. The molecule has 0 saturated heterocycles. The first-order valence-corrected chi connectivity index (χ1v) is 5.11. The zero-order chi connectivity index (χ0) is 12.1. The van der Waals surface area contributed by atoms with Gasteiger partial charge in [-0.2, -0.15) is 0 Å². The van der Waals surface area contributed by atoms with Crippen molar-refractivity contribution in [3.63, 3.8) is 0 Å². The first kappa shape index (κ1) is 11.1. The van der Waals surface area contributed by atoms with Gasteiger partial charge in [-0.05, 0) is 12.1 Å². The number of anilines is 1. The highest BCUT2D eigenvalue weighted by Crippen LogP contribution is 2.04. The lowest BCUT2D eigenvalue weighted by Crippen LogP contribution is -2.26. The molecule has 0 saturated carbocycles. The minimum atomic E-state index is -0.296. The summed E-state index contributed by atoms with van der Waals surface area (Å²) >= 11 is 0. The lowest BCUT2D eigenvalue weighted by atomic mass is 10.3. The molecule has 1 amide bonds. The first-order chi connectivity index (χ1) is 8.25. The zero-order valence-corrected chi connectivity index (χ0v) is 9.04. The van der Waals surface area contributed by atoms with Crippen LogP contribution in [-0.2, 0) is 11.3 Å². The van der Waals surface area contributed by atoms with E-state index in [9.17, 15) is 9.59 Å². The number of rotatable bonds is 3. The Morgan fingerprint density at radius 1 is 1.29 bits per heavy atom. The Bertz CT molecular complexity index is 563. The Morgan fingerprint density at radius 2 is 2.06 bits per heavy atom. The van der Waals surface area contributed by atoms with Crippen LogP contribution in [0.25, 0.3) is 0 Å². The molecule has 1 N–H and O–H groups in total. The van der Waals surface area contributed by atoms with Crippen molar-refractivity contribution in [3.05, 3.63) is 59.3 Å². The van der Waals surface area contributed by atoms with E-state index in [4.69, 9.17) is 0 Å². The van der Waals surface area contributed by atoms with Crippen molar-refractivity contribution in [2.75, 3.05) is 5.32 Å². The van der Waals surface area contributed by atoms with Gasteiger partial charge < -0.3 is 9.88 Å². The van der Waals surface area contributed by atoms with Gasteiger partial charge in [0, 0.05) is 18.1 Å². The van der Waals surface area contributed by atoms with Gasteiger partial charge in [-0.1, -0.05) is 18.2 Å². The van der Waals surface area contributed by atoms with Crippen molar-refractivity contribution in [3.8, 4) is 0 Å².